The van der Waals surface area contributed by atoms with Gasteiger partial charge in [-0.25, -0.2) is 4.79 Å². The van der Waals surface area contributed by atoms with Gasteiger partial charge in [0.1, 0.15) is 10.5 Å². The SMILES string of the molecule is NC(=S)C1(CC2CCC(N(Cc3ccccc3)C(=O)O)CC2)C=CC=N1. The molecule has 0 bridgehead atoms. The Morgan fingerprint density at radius 1 is 1.27 bits per heavy atom. The second-order valence-corrected chi connectivity index (χ2v) is 7.64. The van der Waals surface area contributed by atoms with E-state index >= 15 is 0 Å². The minimum Gasteiger partial charge on any atom is -0.465 e. The number of amides is 1. The Morgan fingerprint density at radius 3 is 2.50 bits per heavy atom. The molecule has 1 amide bonds. The average Bonchev–Trinajstić information content (AvgIpc) is 3.11. The summed E-state index contributed by atoms with van der Waals surface area (Å²) >= 11 is 5.23. The lowest BCUT2D eigenvalue weighted by atomic mass is 9.77. The van der Waals surface area contributed by atoms with Gasteiger partial charge in [-0.1, -0.05) is 42.5 Å². The van der Waals surface area contributed by atoms with Crippen LogP contribution in [-0.4, -0.2) is 38.9 Å². The minimum absolute atomic E-state index is 0.0624. The number of carboxylic acid groups (broad SMARTS) is 1. The summed E-state index contributed by atoms with van der Waals surface area (Å²) in [6.45, 7) is 0.440. The second kappa shape index (κ2) is 7.99. The molecule has 138 valence electrons. The van der Waals surface area contributed by atoms with E-state index in [4.69, 9.17) is 18.0 Å². The van der Waals surface area contributed by atoms with E-state index in [2.05, 4.69) is 4.99 Å². The fourth-order valence-corrected chi connectivity index (χ4v) is 4.23. The van der Waals surface area contributed by atoms with Gasteiger partial charge in [0, 0.05) is 18.8 Å². The van der Waals surface area contributed by atoms with Crippen LogP contribution in [0.4, 0.5) is 4.79 Å². The maximum absolute atomic E-state index is 11.8. The van der Waals surface area contributed by atoms with Crippen LogP contribution in [0.5, 0.6) is 0 Å². The predicted molar refractivity (Wildman–Crippen MR) is 108 cm³/mol. The van der Waals surface area contributed by atoms with Crippen LogP contribution in [0.2, 0.25) is 0 Å². The van der Waals surface area contributed by atoms with Crippen molar-refractivity contribution in [2.75, 3.05) is 0 Å². The number of hydrogen-bond donors (Lipinski definition) is 2. The molecule has 0 spiro atoms. The van der Waals surface area contributed by atoms with Crippen molar-refractivity contribution >= 4 is 29.5 Å². The molecule has 1 aliphatic carbocycles. The van der Waals surface area contributed by atoms with Crippen molar-refractivity contribution in [2.45, 2.75) is 50.2 Å². The third kappa shape index (κ3) is 4.12. The normalized spacial score (nSPS) is 27.4. The summed E-state index contributed by atoms with van der Waals surface area (Å²) in [5.74, 6) is 0.458. The Bertz CT molecular complexity index is 697. The number of allylic oxidation sites excluding steroid dienone is 1. The fraction of sp³-hybridized carbons (Fsp3) is 0.450. The van der Waals surface area contributed by atoms with E-state index in [1.807, 2.05) is 42.5 Å². The van der Waals surface area contributed by atoms with E-state index in [9.17, 15) is 9.90 Å². The molecule has 2 aliphatic rings. The zero-order valence-corrected chi connectivity index (χ0v) is 15.6. The molecule has 0 aromatic heterocycles. The van der Waals surface area contributed by atoms with Crippen LogP contribution in [-0.2, 0) is 6.54 Å². The van der Waals surface area contributed by atoms with Crippen molar-refractivity contribution in [2.24, 2.45) is 16.6 Å². The monoisotopic (exact) mass is 371 g/mol. The van der Waals surface area contributed by atoms with Crippen molar-refractivity contribution in [3.63, 3.8) is 0 Å². The van der Waals surface area contributed by atoms with Crippen LogP contribution in [0.15, 0.2) is 47.5 Å². The minimum atomic E-state index is -0.847. The molecule has 0 radical (unpaired) electrons. The van der Waals surface area contributed by atoms with Crippen molar-refractivity contribution in [3.8, 4) is 0 Å². The van der Waals surface area contributed by atoms with Crippen molar-refractivity contribution in [1.82, 2.24) is 4.90 Å². The second-order valence-electron chi connectivity index (χ2n) is 7.20. The highest BCUT2D eigenvalue weighted by atomic mass is 32.1. The Hall–Kier alpha value is -2.21. The molecule has 1 fully saturated rings. The standard InChI is InChI=1S/C20H25N3O2S/c21-18(26)20(11-4-12-22-20)13-15-7-9-17(10-8-15)23(19(24)25)14-16-5-2-1-3-6-16/h1-6,11-12,15,17H,7-10,13-14H2,(H2,21,26)(H,24,25). The summed E-state index contributed by atoms with van der Waals surface area (Å²) in [6.07, 6.45) is 9.28. The van der Waals surface area contributed by atoms with Crippen molar-refractivity contribution < 1.29 is 9.90 Å². The van der Waals surface area contributed by atoms with Gasteiger partial charge in [-0.3, -0.25) is 4.99 Å². The molecule has 1 aliphatic heterocycles. The number of rotatable bonds is 6. The third-order valence-electron chi connectivity index (χ3n) is 5.49. The molecule has 5 nitrogen and oxygen atoms in total. The molecular weight excluding hydrogens is 346 g/mol. The van der Waals surface area contributed by atoms with Gasteiger partial charge in [0.25, 0.3) is 0 Å². The molecule has 1 atom stereocenters. The number of nitrogens with two attached hydrogens (primary N) is 1. The summed E-state index contributed by atoms with van der Waals surface area (Å²) in [5.41, 5.74) is 6.42. The van der Waals surface area contributed by atoms with E-state index < -0.39 is 11.6 Å². The van der Waals surface area contributed by atoms with Crippen LogP contribution in [0, 0.1) is 5.92 Å². The van der Waals surface area contributed by atoms with E-state index in [0.29, 0.717) is 17.5 Å². The number of benzene rings is 1. The van der Waals surface area contributed by atoms with Gasteiger partial charge in [0.05, 0.1) is 0 Å². The highest BCUT2D eigenvalue weighted by Gasteiger charge is 2.37. The predicted octanol–water partition coefficient (Wildman–Crippen LogP) is 3.78. The fourth-order valence-electron chi connectivity index (χ4n) is 4.02. The maximum Gasteiger partial charge on any atom is 0.407 e. The number of carbonyl (C=O) groups is 1. The van der Waals surface area contributed by atoms with Crippen LogP contribution in [0.25, 0.3) is 0 Å². The summed E-state index contributed by atoms with van der Waals surface area (Å²) < 4.78 is 0. The quantitative estimate of drug-likeness (QED) is 0.746. The number of nitrogens with zero attached hydrogens (tertiary/aromatic N) is 2. The van der Waals surface area contributed by atoms with Gasteiger partial charge in [-0.05, 0) is 55.7 Å². The lowest BCUT2D eigenvalue weighted by Gasteiger charge is -2.37. The molecule has 1 aromatic carbocycles. The van der Waals surface area contributed by atoms with E-state index in [0.717, 1.165) is 37.7 Å². The first-order chi connectivity index (χ1) is 12.5. The summed E-state index contributed by atoms with van der Waals surface area (Å²) in [7, 11) is 0. The Kier molecular flexibility index (Phi) is 5.71. The lowest BCUT2D eigenvalue weighted by Crippen LogP contribution is -2.43. The Morgan fingerprint density at radius 2 is 1.96 bits per heavy atom. The van der Waals surface area contributed by atoms with Gasteiger partial charge in [0.2, 0.25) is 0 Å². The smallest absolute Gasteiger partial charge is 0.407 e. The molecule has 26 heavy (non-hydrogen) atoms. The van der Waals surface area contributed by atoms with Gasteiger partial charge in [-0.2, -0.15) is 0 Å². The number of hydrogen-bond acceptors (Lipinski definition) is 3. The molecule has 1 unspecified atom stereocenters. The first-order valence-electron chi connectivity index (χ1n) is 9.06. The molecule has 3 rings (SSSR count). The molecule has 1 saturated carbocycles. The molecule has 1 aromatic rings. The third-order valence-corrected chi connectivity index (χ3v) is 5.84. The van der Waals surface area contributed by atoms with E-state index in [-0.39, 0.29) is 6.04 Å². The van der Waals surface area contributed by atoms with Gasteiger partial charge >= 0.3 is 6.09 Å². The number of thiocarbonyl (C=S) groups is 1. The number of aliphatic imine (C=N–C) groups is 1. The highest BCUT2D eigenvalue weighted by molar-refractivity contribution is 7.80. The molecular formula is C20H25N3O2S. The Balaban J connectivity index is 1.59. The molecule has 0 saturated heterocycles. The zero-order valence-electron chi connectivity index (χ0n) is 14.8. The summed E-state index contributed by atoms with van der Waals surface area (Å²) in [4.78, 5) is 18.3. The van der Waals surface area contributed by atoms with E-state index in [1.165, 1.54) is 0 Å². The van der Waals surface area contributed by atoms with Crippen LogP contribution in [0.3, 0.4) is 0 Å². The molecule has 1 heterocycles. The lowest BCUT2D eigenvalue weighted by molar-refractivity contribution is 0.0972. The van der Waals surface area contributed by atoms with E-state index in [1.54, 1.807) is 11.1 Å². The summed E-state index contributed by atoms with van der Waals surface area (Å²) in [5, 5.41) is 9.66. The van der Waals surface area contributed by atoms with Crippen LogP contribution < -0.4 is 5.73 Å². The molecule has 6 heteroatoms. The largest absolute Gasteiger partial charge is 0.465 e. The van der Waals surface area contributed by atoms with Crippen LogP contribution >= 0.6 is 12.2 Å². The van der Waals surface area contributed by atoms with Crippen molar-refractivity contribution in [1.29, 1.82) is 0 Å². The average molecular weight is 372 g/mol. The van der Waals surface area contributed by atoms with Crippen LogP contribution in [0.1, 0.15) is 37.7 Å². The highest BCUT2D eigenvalue weighted by Crippen LogP contribution is 2.36. The maximum atomic E-state index is 11.8. The van der Waals surface area contributed by atoms with Gasteiger partial charge < -0.3 is 15.7 Å². The zero-order chi connectivity index (χ0) is 18.6. The first-order valence-corrected chi connectivity index (χ1v) is 9.47. The molecule has 3 N–H and O–H groups in total. The Labute approximate surface area is 159 Å². The first kappa shape index (κ1) is 18.6. The van der Waals surface area contributed by atoms with Crippen molar-refractivity contribution in [3.05, 3.63) is 48.0 Å². The van der Waals surface area contributed by atoms with Gasteiger partial charge in [-0.15, -0.1) is 0 Å². The topological polar surface area (TPSA) is 78.9 Å². The summed E-state index contributed by atoms with van der Waals surface area (Å²) in [6, 6.07) is 9.83. The van der Waals surface area contributed by atoms with Gasteiger partial charge in [0.15, 0.2) is 0 Å².